The molecule has 0 fully saturated rings. The van der Waals surface area contributed by atoms with Gasteiger partial charge in [-0.25, -0.2) is 0 Å². The van der Waals surface area contributed by atoms with E-state index in [0.29, 0.717) is 0 Å². The lowest BCUT2D eigenvalue weighted by Crippen LogP contribution is -2.11. The fraction of sp³-hybridized carbons (Fsp3) is 0. The first-order valence-corrected chi connectivity index (χ1v) is 18.7. The number of hydrogen-bond acceptors (Lipinski definition) is 3. The van der Waals surface area contributed by atoms with E-state index in [1.165, 1.54) is 27.5 Å². The fourth-order valence-corrected chi connectivity index (χ4v) is 8.20. The molecule has 11 rings (SSSR count). The molecule has 0 N–H and O–H groups in total. The van der Waals surface area contributed by atoms with E-state index in [9.17, 15) is 0 Å². The molecular weight excluding hydrogens is 671 g/mol. The average Bonchev–Trinajstić information content (AvgIpc) is 3.81. The Morgan fingerprint density at radius 3 is 1.75 bits per heavy atom. The summed E-state index contributed by atoms with van der Waals surface area (Å²) in [6.45, 7) is 0. The molecule has 9 aromatic carbocycles. The van der Waals surface area contributed by atoms with Crippen LogP contribution in [0.25, 0.3) is 88.0 Å². The standard InChI is InChI=1S/C52H33NO2/c1-2-12-34(13-3-1)36-16-10-17-37(30-36)35-24-27-41(28-25-35)53(47-21-11-23-50-52(47)43-19-7-9-22-48(43)54-50)46-20-8-6-18-42(46)40-26-29-49-44(32-40)45-31-38-14-4-5-15-39(38)33-51(45)55-49/h1-33H. The minimum atomic E-state index is 0.856. The van der Waals surface area contributed by atoms with Crippen LogP contribution < -0.4 is 4.90 Å². The van der Waals surface area contributed by atoms with Crippen LogP contribution in [0.15, 0.2) is 209 Å². The van der Waals surface area contributed by atoms with Crippen molar-refractivity contribution in [1.29, 1.82) is 0 Å². The highest BCUT2D eigenvalue weighted by Crippen LogP contribution is 2.47. The molecule has 0 atom stereocenters. The molecule has 3 nitrogen and oxygen atoms in total. The summed E-state index contributed by atoms with van der Waals surface area (Å²) in [6, 6.07) is 71.0. The Balaban J connectivity index is 1.09. The van der Waals surface area contributed by atoms with Gasteiger partial charge in [0.15, 0.2) is 0 Å². The van der Waals surface area contributed by atoms with Crippen LogP contribution in [0.3, 0.4) is 0 Å². The predicted octanol–water partition coefficient (Wildman–Crippen LogP) is 15.1. The van der Waals surface area contributed by atoms with Gasteiger partial charge in [-0.3, -0.25) is 0 Å². The van der Waals surface area contributed by atoms with Crippen molar-refractivity contribution in [2.75, 3.05) is 4.90 Å². The number of benzene rings is 9. The first-order valence-electron chi connectivity index (χ1n) is 18.7. The third-order valence-corrected chi connectivity index (χ3v) is 10.8. The SMILES string of the molecule is c1ccc(-c2cccc(-c3ccc(N(c4ccccc4-c4ccc5oc6cc7ccccc7cc6c5c4)c4cccc5oc6ccccc6c45)cc3)c2)cc1. The molecule has 2 heterocycles. The summed E-state index contributed by atoms with van der Waals surface area (Å²) in [6.07, 6.45) is 0. The van der Waals surface area contributed by atoms with Crippen LogP contribution in [0.4, 0.5) is 17.1 Å². The topological polar surface area (TPSA) is 29.5 Å². The molecule has 0 aliphatic heterocycles. The quantitative estimate of drug-likeness (QED) is 0.173. The van der Waals surface area contributed by atoms with Crippen molar-refractivity contribution in [3.8, 4) is 33.4 Å². The molecule has 0 spiro atoms. The van der Waals surface area contributed by atoms with E-state index in [-0.39, 0.29) is 0 Å². The third kappa shape index (κ3) is 5.28. The molecule has 0 amide bonds. The van der Waals surface area contributed by atoms with Crippen LogP contribution in [-0.2, 0) is 0 Å². The van der Waals surface area contributed by atoms with Crippen molar-refractivity contribution in [1.82, 2.24) is 0 Å². The molecule has 3 heteroatoms. The summed E-state index contributed by atoms with van der Waals surface area (Å²) in [5.41, 5.74) is 13.6. The predicted molar refractivity (Wildman–Crippen MR) is 229 cm³/mol. The number of furan rings is 2. The lowest BCUT2D eigenvalue weighted by molar-refractivity contribution is 0.669. The van der Waals surface area contributed by atoms with Gasteiger partial charge in [0.1, 0.15) is 22.3 Å². The van der Waals surface area contributed by atoms with E-state index in [2.05, 4.69) is 193 Å². The van der Waals surface area contributed by atoms with E-state index < -0.39 is 0 Å². The molecule has 0 unspecified atom stereocenters. The number of para-hydroxylation sites is 2. The Hall–Kier alpha value is -7.36. The van der Waals surface area contributed by atoms with Crippen LogP contribution in [0.1, 0.15) is 0 Å². The second kappa shape index (κ2) is 12.6. The number of anilines is 3. The van der Waals surface area contributed by atoms with Gasteiger partial charge in [-0.2, -0.15) is 0 Å². The maximum atomic E-state index is 6.43. The first kappa shape index (κ1) is 31.2. The normalized spacial score (nSPS) is 11.6. The summed E-state index contributed by atoms with van der Waals surface area (Å²) in [5, 5.41) is 6.76. The van der Waals surface area contributed by atoms with Gasteiger partial charge in [0.05, 0.1) is 16.8 Å². The van der Waals surface area contributed by atoms with Crippen LogP contribution in [-0.4, -0.2) is 0 Å². The fourth-order valence-electron chi connectivity index (χ4n) is 8.20. The zero-order valence-corrected chi connectivity index (χ0v) is 29.8. The van der Waals surface area contributed by atoms with Crippen molar-refractivity contribution in [3.05, 3.63) is 200 Å². The molecule has 0 bridgehead atoms. The van der Waals surface area contributed by atoms with E-state index >= 15 is 0 Å². The van der Waals surface area contributed by atoms with Crippen molar-refractivity contribution >= 4 is 71.7 Å². The highest BCUT2D eigenvalue weighted by Gasteiger charge is 2.22. The van der Waals surface area contributed by atoms with E-state index in [0.717, 1.165) is 77.6 Å². The van der Waals surface area contributed by atoms with Crippen LogP contribution >= 0.6 is 0 Å². The Bertz CT molecular complexity index is 3210. The molecule has 0 radical (unpaired) electrons. The number of nitrogens with zero attached hydrogens (tertiary/aromatic N) is 1. The highest BCUT2D eigenvalue weighted by atomic mass is 16.3. The zero-order chi connectivity index (χ0) is 36.3. The Kier molecular flexibility index (Phi) is 7.17. The van der Waals surface area contributed by atoms with Gasteiger partial charge in [-0.1, -0.05) is 133 Å². The summed E-state index contributed by atoms with van der Waals surface area (Å²) >= 11 is 0. The van der Waals surface area contributed by atoms with Crippen molar-refractivity contribution in [2.24, 2.45) is 0 Å². The van der Waals surface area contributed by atoms with Crippen LogP contribution in [0.5, 0.6) is 0 Å². The van der Waals surface area contributed by atoms with Crippen molar-refractivity contribution in [2.45, 2.75) is 0 Å². The van der Waals surface area contributed by atoms with Gasteiger partial charge in [-0.15, -0.1) is 0 Å². The average molecular weight is 704 g/mol. The minimum absolute atomic E-state index is 0.856. The molecule has 55 heavy (non-hydrogen) atoms. The van der Waals surface area contributed by atoms with Crippen LogP contribution in [0, 0.1) is 0 Å². The molecular formula is C52H33NO2. The zero-order valence-electron chi connectivity index (χ0n) is 29.8. The molecule has 11 aromatic rings. The highest BCUT2D eigenvalue weighted by molar-refractivity contribution is 6.14. The second-order valence-electron chi connectivity index (χ2n) is 14.1. The summed E-state index contributed by atoms with van der Waals surface area (Å²) < 4.78 is 12.8. The molecule has 2 aromatic heterocycles. The molecule has 0 saturated carbocycles. The van der Waals surface area contributed by atoms with Crippen LogP contribution in [0.2, 0.25) is 0 Å². The van der Waals surface area contributed by atoms with Crippen molar-refractivity contribution in [3.63, 3.8) is 0 Å². The van der Waals surface area contributed by atoms with E-state index in [1.54, 1.807) is 0 Å². The first-order chi connectivity index (χ1) is 27.2. The molecule has 0 aliphatic rings. The van der Waals surface area contributed by atoms with E-state index in [1.807, 2.05) is 12.1 Å². The Morgan fingerprint density at radius 1 is 0.309 bits per heavy atom. The van der Waals surface area contributed by atoms with E-state index in [4.69, 9.17) is 8.83 Å². The van der Waals surface area contributed by atoms with Crippen molar-refractivity contribution < 1.29 is 8.83 Å². The maximum absolute atomic E-state index is 6.43. The second-order valence-corrected chi connectivity index (χ2v) is 14.1. The summed E-state index contributed by atoms with van der Waals surface area (Å²) in [5.74, 6) is 0. The lowest BCUT2D eigenvalue weighted by atomic mass is 9.97. The third-order valence-electron chi connectivity index (χ3n) is 10.8. The van der Waals surface area contributed by atoms with Gasteiger partial charge in [0, 0.05) is 27.4 Å². The number of hydrogen-bond donors (Lipinski definition) is 0. The largest absolute Gasteiger partial charge is 0.456 e. The molecule has 0 aliphatic carbocycles. The maximum Gasteiger partial charge on any atom is 0.137 e. The van der Waals surface area contributed by atoms with Gasteiger partial charge in [0.2, 0.25) is 0 Å². The number of rotatable bonds is 6. The Labute approximate surface area is 317 Å². The van der Waals surface area contributed by atoms with Gasteiger partial charge < -0.3 is 13.7 Å². The minimum Gasteiger partial charge on any atom is -0.456 e. The lowest BCUT2D eigenvalue weighted by Gasteiger charge is -2.28. The van der Waals surface area contributed by atoms with Gasteiger partial charge in [-0.05, 0) is 105 Å². The number of fused-ring (bicyclic) bond motifs is 7. The summed E-state index contributed by atoms with van der Waals surface area (Å²) in [4.78, 5) is 2.38. The Morgan fingerprint density at radius 2 is 0.891 bits per heavy atom. The molecule has 258 valence electrons. The molecule has 0 saturated heterocycles. The van der Waals surface area contributed by atoms with Gasteiger partial charge >= 0.3 is 0 Å². The van der Waals surface area contributed by atoms with Gasteiger partial charge in [0.25, 0.3) is 0 Å². The smallest absolute Gasteiger partial charge is 0.137 e. The monoisotopic (exact) mass is 703 g/mol. The summed E-state index contributed by atoms with van der Waals surface area (Å²) in [7, 11) is 0.